The Bertz CT molecular complexity index is 832. The van der Waals surface area contributed by atoms with Gasteiger partial charge in [0.2, 0.25) is 0 Å². The van der Waals surface area contributed by atoms with E-state index in [0.717, 1.165) is 12.1 Å². The highest BCUT2D eigenvalue weighted by molar-refractivity contribution is 6.08. The van der Waals surface area contributed by atoms with E-state index in [1.807, 2.05) is 0 Å². The van der Waals surface area contributed by atoms with E-state index >= 15 is 0 Å². The zero-order valence-electron chi connectivity index (χ0n) is 13.8. The van der Waals surface area contributed by atoms with Crippen LogP contribution in [0.4, 0.5) is 0 Å². The van der Waals surface area contributed by atoms with Crippen molar-refractivity contribution in [2.45, 2.75) is 46.3 Å². The number of unbranched alkanes of at least 4 members (excludes halogenated alkanes) is 2. The monoisotopic (exact) mass is 309 g/mol. The molecule has 0 unspecified atom stereocenters. The predicted molar refractivity (Wildman–Crippen MR) is 94.4 cm³/mol. The maximum atomic E-state index is 11.0. The average molecular weight is 309 g/mol. The fraction of sp³-hybridized carbons (Fsp3) is 0.350. The number of aryl methyl sites for hydroxylation is 1. The summed E-state index contributed by atoms with van der Waals surface area (Å²) in [6.07, 6.45) is 3.67. The number of para-hydroxylation sites is 1. The Hall–Kier alpha value is -2.29. The second-order valence-corrected chi connectivity index (χ2v) is 6.01. The minimum Gasteiger partial charge on any atom is -0.461 e. The molecular weight excluding hydrogens is 286 g/mol. The molecule has 0 saturated heterocycles. The van der Waals surface area contributed by atoms with Crippen LogP contribution in [-0.4, -0.2) is 10.5 Å². The largest absolute Gasteiger partial charge is 0.461 e. The van der Waals surface area contributed by atoms with Crippen LogP contribution >= 0.6 is 0 Å². The molecule has 0 aliphatic carbocycles. The number of nitrogens with zero attached hydrogens (tertiary/aromatic N) is 1. The van der Waals surface area contributed by atoms with Gasteiger partial charge in [-0.15, -0.1) is 0 Å². The molecule has 120 valence electrons. The normalized spacial score (nSPS) is 11.2. The van der Waals surface area contributed by atoms with Crippen molar-refractivity contribution in [3.63, 3.8) is 0 Å². The van der Waals surface area contributed by atoms with E-state index in [1.54, 1.807) is 0 Å². The predicted octanol–water partition coefficient (Wildman–Crippen LogP) is 5.05. The van der Waals surface area contributed by atoms with E-state index in [1.165, 1.54) is 48.0 Å². The van der Waals surface area contributed by atoms with Crippen LogP contribution in [-0.2, 0) is 22.7 Å². The highest BCUT2D eigenvalue weighted by Crippen LogP contribution is 2.30. The summed E-state index contributed by atoms with van der Waals surface area (Å²) in [4.78, 5) is 11.0. The van der Waals surface area contributed by atoms with Crippen molar-refractivity contribution in [2.24, 2.45) is 0 Å². The first kappa shape index (κ1) is 15.6. The number of rotatable bonds is 6. The van der Waals surface area contributed by atoms with E-state index in [0.29, 0.717) is 6.61 Å². The standard InChI is InChI=1S/C20H23NO2/c1-3-4-7-12-21-19-9-6-5-8-17(19)18-13-16(10-11-20(18)21)14-23-15(2)22/h5-6,8-11,13H,3-4,7,12,14H2,1-2H3. The molecule has 3 nitrogen and oxygen atoms in total. The smallest absolute Gasteiger partial charge is 0.302 e. The fourth-order valence-corrected chi connectivity index (χ4v) is 3.14. The molecule has 1 aromatic heterocycles. The second-order valence-electron chi connectivity index (χ2n) is 6.01. The molecule has 0 saturated carbocycles. The zero-order valence-corrected chi connectivity index (χ0v) is 13.8. The van der Waals surface area contributed by atoms with Crippen LogP contribution < -0.4 is 0 Å². The fourth-order valence-electron chi connectivity index (χ4n) is 3.14. The van der Waals surface area contributed by atoms with Crippen molar-refractivity contribution in [2.75, 3.05) is 0 Å². The molecule has 0 N–H and O–H groups in total. The number of carbonyl (C=O) groups excluding carboxylic acids is 1. The molecule has 3 heteroatoms. The number of ether oxygens (including phenoxy) is 1. The molecule has 3 aromatic rings. The van der Waals surface area contributed by atoms with Gasteiger partial charge >= 0.3 is 5.97 Å². The Morgan fingerprint density at radius 1 is 1.04 bits per heavy atom. The van der Waals surface area contributed by atoms with Gasteiger partial charge < -0.3 is 9.30 Å². The lowest BCUT2D eigenvalue weighted by Gasteiger charge is -2.07. The number of fused-ring (bicyclic) bond motifs is 3. The number of aromatic nitrogens is 1. The lowest BCUT2D eigenvalue weighted by molar-refractivity contribution is -0.142. The van der Waals surface area contributed by atoms with E-state index in [9.17, 15) is 4.79 Å². The first-order valence-electron chi connectivity index (χ1n) is 8.34. The van der Waals surface area contributed by atoms with Gasteiger partial charge in [-0.05, 0) is 30.2 Å². The molecule has 0 atom stereocenters. The average Bonchev–Trinajstić information content (AvgIpc) is 2.87. The number of carbonyl (C=O) groups is 1. The van der Waals surface area contributed by atoms with Crippen LogP contribution in [0.1, 0.15) is 38.7 Å². The van der Waals surface area contributed by atoms with E-state index in [-0.39, 0.29) is 5.97 Å². The third-order valence-electron chi connectivity index (χ3n) is 4.26. The van der Waals surface area contributed by atoms with Crippen molar-refractivity contribution in [3.8, 4) is 0 Å². The quantitative estimate of drug-likeness (QED) is 0.471. The van der Waals surface area contributed by atoms with Crippen molar-refractivity contribution in [1.29, 1.82) is 0 Å². The Morgan fingerprint density at radius 3 is 2.61 bits per heavy atom. The lowest BCUT2D eigenvalue weighted by atomic mass is 10.1. The van der Waals surface area contributed by atoms with Crippen LogP contribution in [0.3, 0.4) is 0 Å². The van der Waals surface area contributed by atoms with Gasteiger partial charge in [0.1, 0.15) is 6.61 Å². The van der Waals surface area contributed by atoms with E-state index in [4.69, 9.17) is 4.74 Å². The Labute approximate surface area is 136 Å². The highest BCUT2D eigenvalue weighted by atomic mass is 16.5. The topological polar surface area (TPSA) is 31.2 Å². The molecule has 0 radical (unpaired) electrons. The first-order chi connectivity index (χ1) is 11.2. The molecule has 0 spiro atoms. The summed E-state index contributed by atoms with van der Waals surface area (Å²) in [5, 5.41) is 2.51. The highest BCUT2D eigenvalue weighted by Gasteiger charge is 2.10. The Balaban J connectivity index is 2.05. The molecule has 0 amide bonds. The van der Waals surface area contributed by atoms with Gasteiger partial charge in [-0.2, -0.15) is 0 Å². The van der Waals surface area contributed by atoms with Crippen molar-refractivity contribution >= 4 is 27.8 Å². The van der Waals surface area contributed by atoms with Crippen molar-refractivity contribution in [1.82, 2.24) is 4.57 Å². The lowest BCUT2D eigenvalue weighted by Crippen LogP contribution is -1.99. The summed E-state index contributed by atoms with van der Waals surface area (Å²) >= 11 is 0. The number of esters is 1. The number of hydrogen-bond acceptors (Lipinski definition) is 2. The number of hydrogen-bond donors (Lipinski definition) is 0. The molecule has 0 aliphatic rings. The SMILES string of the molecule is CCCCCn1c2ccccc2c2cc(COC(C)=O)ccc21. The molecular formula is C20H23NO2. The third kappa shape index (κ3) is 3.24. The third-order valence-corrected chi connectivity index (χ3v) is 4.26. The molecule has 0 bridgehead atoms. The Kier molecular flexibility index (Phi) is 4.65. The molecule has 0 fully saturated rings. The van der Waals surface area contributed by atoms with Crippen LogP contribution in [0, 0.1) is 0 Å². The second kappa shape index (κ2) is 6.86. The van der Waals surface area contributed by atoms with Gasteiger partial charge in [-0.1, -0.05) is 44.0 Å². The summed E-state index contributed by atoms with van der Waals surface area (Å²) in [5.41, 5.74) is 3.57. The van der Waals surface area contributed by atoms with E-state index in [2.05, 4.69) is 54.0 Å². The van der Waals surface area contributed by atoms with Gasteiger partial charge in [0.15, 0.2) is 0 Å². The molecule has 23 heavy (non-hydrogen) atoms. The van der Waals surface area contributed by atoms with Crippen molar-refractivity contribution < 1.29 is 9.53 Å². The summed E-state index contributed by atoms with van der Waals surface area (Å²) in [5.74, 6) is -0.243. The maximum absolute atomic E-state index is 11.0. The van der Waals surface area contributed by atoms with Gasteiger partial charge in [0.25, 0.3) is 0 Å². The van der Waals surface area contributed by atoms with Gasteiger partial charge in [-0.3, -0.25) is 4.79 Å². The minimum atomic E-state index is -0.243. The van der Waals surface area contributed by atoms with Gasteiger partial charge in [0.05, 0.1) is 0 Å². The summed E-state index contributed by atoms with van der Waals surface area (Å²) in [6, 6.07) is 14.9. The van der Waals surface area contributed by atoms with Crippen LogP contribution in [0.15, 0.2) is 42.5 Å². The Morgan fingerprint density at radius 2 is 1.83 bits per heavy atom. The maximum Gasteiger partial charge on any atom is 0.302 e. The van der Waals surface area contributed by atoms with E-state index < -0.39 is 0 Å². The van der Waals surface area contributed by atoms with Crippen LogP contribution in [0.25, 0.3) is 21.8 Å². The summed E-state index contributed by atoms with van der Waals surface area (Å²) < 4.78 is 7.54. The molecule has 1 heterocycles. The molecule has 2 aromatic carbocycles. The molecule has 3 rings (SSSR count). The first-order valence-corrected chi connectivity index (χ1v) is 8.34. The van der Waals surface area contributed by atoms with Crippen LogP contribution in [0.5, 0.6) is 0 Å². The molecule has 0 aliphatic heterocycles. The van der Waals surface area contributed by atoms with Crippen LogP contribution in [0.2, 0.25) is 0 Å². The van der Waals surface area contributed by atoms with Gasteiger partial charge in [0, 0.05) is 35.3 Å². The number of benzene rings is 2. The minimum absolute atomic E-state index is 0.243. The van der Waals surface area contributed by atoms with Crippen molar-refractivity contribution in [3.05, 3.63) is 48.0 Å². The summed E-state index contributed by atoms with van der Waals surface area (Å²) in [6.45, 7) is 5.05. The van der Waals surface area contributed by atoms with Gasteiger partial charge in [-0.25, -0.2) is 0 Å². The summed E-state index contributed by atoms with van der Waals surface area (Å²) in [7, 11) is 0. The zero-order chi connectivity index (χ0) is 16.2.